The van der Waals surface area contributed by atoms with Gasteiger partial charge in [-0.25, -0.2) is 0 Å². The summed E-state index contributed by atoms with van der Waals surface area (Å²) in [6.45, 7) is 3.88. The Kier molecular flexibility index (Phi) is 6.42. The van der Waals surface area contributed by atoms with E-state index in [9.17, 15) is 4.79 Å². The number of carbonyl (C=O) groups excluding carboxylic acids is 1. The molecule has 1 fully saturated rings. The van der Waals surface area contributed by atoms with E-state index in [1.54, 1.807) is 7.11 Å². The Morgan fingerprint density at radius 2 is 1.81 bits per heavy atom. The van der Waals surface area contributed by atoms with Crippen LogP contribution in [-0.2, 0) is 15.9 Å². The van der Waals surface area contributed by atoms with Crippen LogP contribution in [0.25, 0.3) is 0 Å². The quantitative estimate of drug-likeness (QED) is 0.715. The number of hydrogen-bond acceptors (Lipinski definition) is 3. The number of aryl methyl sites for hydroxylation is 1. The molecule has 4 heteroatoms. The molecule has 1 aliphatic heterocycles. The lowest BCUT2D eigenvalue weighted by atomic mass is 10.0. The molecule has 2 atom stereocenters. The Morgan fingerprint density at radius 3 is 2.50 bits per heavy atom. The van der Waals surface area contributed by atoms with E-state index in [1.165, 1.54) is 5.56 Å². The van der Waals surface area contributed by atoms with Gasteiger partial charge in [-0.15, -0.1) is 0 Å². The minimum Gasteiger partial charge on any atom is -0.382 e. The molecule has 4 nitrogen and oxygen atoms in total. The van der Waals surface area contributed by atoms with Crippen LogP contribution in [0.5, 0.6) is 0 Å². The molecule has 0 bridgehead atoms. The zero-order valence-corrected chi connectivity index (χ0v) is 15.6. The Morgan fingerprint density at radius 1 is 1.08 bits per heavy atom. The second-order valence-electron chi connectivity index (χ2n) is 6.81. The van der Waals surface area contributed by atoms with E-state index in [1.807, 2.05) is 54.3 Å². The van der Waals surface area contributed by atoms with Gasteiger partial charge in [-0.05, 0) is 37.5 Å². The Labute approximate surface area is 155 Å². The third kappa shape index (κ3) is 4.51. The van der Waals surface area contributed by atoms with Gasteiger partial charge in [-0.1, -0.05) is 48.0 Å². The van der Waals surface area contributed by atoms with Crippen molar-refractivity contribution in [2.24, 2.45) is 0 Å². The van der Waals surface area contributed by atoms with Crippen molar-refractivity contribution in [3.63, 3.8) is 0 Å². The first-order valence-electron chi connectivity index (χ1n) is 9.21. The maximum atomic E-state index is 13.1. The zero-order valence-electron chi connectivity index (χ0n) is 15.6. The van der Waals surface area contributed by atoms with E-state index in [0.717, 1.165) is 30.5 Å². The van der Waals surface area contributed by atoms with Gasteiger partial charge >= 0.3 is 0 Å². The van der Waals surface area contributed by atoms with Gasteiger partial charge in [0, 0.05) is 19.2 Å². The fraction of sp³-hybridized carbons (Fsp3) is 0.409. The highest BCUT2D eigenvalue weighted by atomic mass is 16.5. The van der Waals surface area contributed by atoms with Crippen LogP contribution in [0.3, 0.4) is 0 Å². The Balaban J connectivity index is 1.77. The normalized spacial score (nSPS) is 19.7. The van der Waals surface area contributed by atoms with Crippen LogP contribution < -0.4 is 0 Å². The Bertz CT molecular complexity index is 699. The predicted octanol–water partition coefficient (Wildman–Crippen LogP) is 3.48. The van der Waals surface area contributed by atoms with E-state index in [4.69, 9.17) is 9.47 Å². The topological polar surface area (TPSA) is 38.8 Å². The number of likely N-dealkylation sites (tertiary alicyclic amines) is 1. The van der Waals surface area contributed by atoms with Crippen molar-refractivity contribution in [2.75, 3.05) is 26.9 Å². The molecule has 0 aliphatic carbocycles. The number of amides is 1. The summed E-state index contributed by atoms with van der Waals surface area (Å²) in [6, 6.07) is 18.2. The minimum atomic E-state index is 0.0414. The van der Waals surface area contributed by atoms with Crippen LogP contribution in [0.2, 0.25) is 0 Å². The molecule has 0 N–H and O–H groups in total. The second-order valence-corrected chi connectivity index (χ2v) is 6.81. The summed E-state index contributed by atoms with van der Waals surface area (Å²) in [6.07, 6.45) is 1.70. The molecule has 1 saturated heterocycles. The molecule has 2 aromatic rings. The van der Waals surface area contributed by atoms with E-state index in [-0.39, 0.29) is 18.1 Å². The third-order valence-electron chi connectivity index (χ3n) is 4.95. The summed E-state index contributed by atoms with van der Waals surface area (Å²) in [5, 5.41) is 0. The molecular formula is C22H27NO3. The molecule has 138 valence electrons. The van der Waals surface area contributed by atoms with Gasteiger partial charge in [0.15, 0.2) is 0 Å². The predicted molar refractivity (Wildman–Crippen MR) is 102 cm³/mol. The van der Waals surface area contributed by atoms with Crippen LogP contribution in [0.15, 0.2) is 54.6 Å². The zero-order chi connectivity index (χ0) is 18.4. The van der Waals surface area contributed by atoms with Crippen LogP contribution in [0.4, 0.5) is 0 Å². The lowest BCUT2D eigenvalue weighted by Gasteiger charge is -2.28. The second kappa shape index (κ2) is 8.97. The van der Waals surface area contributed by atoms with Crippen molar-refractivity contribution in [1.82, 2.24) is 4.90 Å². The van der Waals surface area contributed by atoms with Crippen LogP contribution in [-0.4, -0.2) is 49.8 Å². The van der Waals surface area contributed by atoms with Crippen molar-refractivity contribution in [2.45, 2.75) is 31.9 Å². The smallest absolute Gasteiger partial charge is 0.254 e. The average molecular weight is 353 g/mol. The van der Waals surface area contributed by atoms with Crippen LogP contribution in [0, 0.1) is 6.92 Å². The van der Waals surface area contributed by atoms with E-state index < -0.39 is 0 Å². The van der Waals surface area contributed by atoms with Crippen molar-refractivity contribution in [3.05, 3.63) is 71.3 Å². The van der Waals surface area contributed by atoms with E-state index in [0.29, 0.717) is 13.2 Å². The van der Waals surface area contributed by atoms with Gasteiger partial charge in [0.2, 0.25) is 0 Å². The lowest BCUT2D eigenvalue weighted by Crippen LogP contribution is -2.42. The van der Waals surface area contributed by atoms with Crippen molar-refractivity contribution in [1.29, 1.82) is 0 Å². The van der Waals surface area contributed by atoms with Crippen molar-refractivity contribution >= 4 is 5.91 Å². The minimum absolute atomic E-state index is 0.0414. The highest BCUT2D eigenvalue weighted by Crippen LogP contribution is 2.26. The summed E-state index contributed by atoms with van der Waals surface area (Å²) in [5.74, 6) is 0.0868. The number of rotatable bonds is 7. The molecule has 1 aliphatic rings. The maximum absolute atomic E-state index is 13.1. The molecule has 1 amide bonds. The lowest BCUT2D eigenvalue weighted by molar-refractivity contribution is 0.000496. The number of methoxy groups -OCH3 is 1. The van der Waals surface area contributed by atoms with Gasteiger partial charge in [0.1, 0.15) is 0 Å². The molecule has 0 saturated carbocycles. The van der Waals surface area contributed by atoms with E-state index >= 15 is 0 Å². The average Bonchev–Trinajstić information content (AvgIpc) is 3.05. The number of nitrogens with zero attached hydrogens (tertiary/aromatic N) is 1. The van der Waals surface area contributed by atoms with Crippen LogP contribution >= 0.6 is 0 Å². The van der Waals surface area contributed by atoms with Crippen LogP contribution in [0.1, 0.15) is 27.9 Å². The summed E-state index contributed by atoms with van der Waals surface area (Å²) in [7, 11) is 1.67. The number of benzene rings is 2. The number of hydrogen-bond donors (Lipinski definition) is 0. The highest BCUT2D eigenvalue weighted by molar-refractivity contribution is 5.94. The standard InChI is InChI=1S/C22H27NO3/c1-17-8-10-19(11-9-17)22(24)23-13-12-21(26-15-14-25-2)20(23)16-18-6-4-3-5-7-18/h3-11,20-21H,12-16H2,1-2H3/t20-,21+/m0/s1. The molecule has 0 radical (unpaired) electrons. The first-order chi connectivity index (χ1) is 12.7. The molecule has 0 unspecified atom stereocenters. The van der Waals surface area contributed by atoms with Gasteiger partial charge in [0.25, 0.3) is 5.91 Å². The monoisotopic (exact) mass is 353 g/mol. The molecule has 0 spiro atoms. The maximum Gasteiger partial charge on any atom is 0.254 e. The largest absolute Gasteiger partial charge is 0.382 e. The first-order valence-corrected chi connectivity index (χ1v) is 9.21. The summed E-state index contributed by atoms with van der Waals surface area (Å²) in [4.78, 5) is 15.1. The Hall–Kier alpha value is -2.17. The fourth-order valence-corrected chi connectivity index (χ4v) is 3.51. The van der Waals surface area contributed by atoms with Crippen molar-refractivity contribution in [3.8, 4) is 0 Å². The summed E-state index contributed by atoms with van der Waals surface area (Å²) in [5.41, 5.74) is 3.12. The van der Waals surface area contributed by atoms with Gasteiger partial charge in [-0.2, -0.15) is 0 Å². The van der Waals surface area contributed by atoms with Gasteiger partial charge < -0.3 is 14.4 Å². The highest BCUT2D eigenvalue weighted by Gasteiger charge is 2.38. The third-order valence-corrected chi connectivity index (χ3v) is 4.95. The number of ether oxygens (including phenoxy) is 2. The van der Waals surface area contributed by atoms with E-state index in [2.05, 4.69) is 12.1 Å². The molecule has 0 aromatic heterocycles. The fourth-order valence-electron chi connectivity index (χ4n) is 3.51. The molecular weight excluding hydrogens is 326 g/mol. The SMILES string of the molecule is COCCO[C@@H]1CCN(C(=O)c2ccc(C)cc2)[C@H]1Cc1ccccc1. The molecule has 3 rings (SSSR count). The molecule has 2 aromatic carbocycles. The van der Waals surface area contributed by atoms with Crippen molar-refractivity contribution < 1.29 is 14.3 Å². The van der Waals surface area contributed by atoms with Gasteiger partial charge in [-0.3, -0.25) is 4.79 Å². The summed E-state index contributed by atoms with van der Waals surface area (Å²) < 4.78 is 11.1. The molecule has 1 heterocycles. The van der Waals surface area contributed by atoms with Gasteiger partial charge in [0.05, 0.1) is 25.4 Å². The molecule has 26 heavy (non-hydrogen) atoms. The summed E-state index contributed by atoms with van der Waals surface area (Å²) >= 11 is 0. The number of carbonyl (C=O) groups is 1. The first kappa shape index (κ1) is 18.6.